The highest BCUT2D eigenvalue weighted by Gasteiger charge is 2.06. The average Bonchev–Trinajstić information content (AvgIpc) is 2.74. The SMILES string of the molecule is CCOc1ccc(OCCSCC(=O)NCCc2ccc(OC)c(OC)c2)cc1. The van der Waals surface area contributed by atoms with Crippen molar-refractivity contribution in [2.24, 2.45) is 0 Å². The molecule has 0 aliphatic carbocycles. The van der Waals surface area contributed by atoms with Crippen LogP contribution in [0.1, 0.15) is 12.5 Å². The highest BCUT2D eigenvalue weighted by molar-refractivity contribution is 7.99. The largest absolute Gasteiger partial charge is 0.494 e. The van der Waals surface area contributed by atoms with Crippen LogP contribution in [0.25, 0.3) is 0 Å². The molecule has 0 spiro atoms. The highest BCUT2D eigenvalue weighted by atomic mass is 32.2. The zero-order valence-electron chi connectivity index (χ0n) is 17.2. The van der Waals surface area contributed by atoms with Gasteiger partial charge in [-0.1, -0.05) is 6.07 Å². The molecule has 0 aromatic heterocycles. The van der Waals surface area contributed by atoms with Crippen LogP contribution in [0.15, 0.2) is 42.5 Å². The summed E-state index contributed by atoms with van der Waals surface area (Å²) < 4.78 is 21.6. The van der Waals surface area contributed by atoms with Gasteiger partial charge in [-0.05, 0) is 55.3 Å². The van der Waals surface area contributed by atoms with Crippen LogP contribution < -0.4 is 24.3 Å². The van der Waals surface area contributed by atoms with E-state index in [-0.39, 0.29) is 5.91 Å². The molecular weight excluding hydrogens is 390 g/mol. The minimum atomic E-state index is 0.0246. The second-order valence-electron chi connectivity index (χ2n) is 6.09. The number of hydrogen-bond donors (Lipinski definition) is 1. The average molecular weight is 420 g/mol. The number of carbonyl (C=O) groups excluding carboxylic acids is 1. The summed E-state index contributed by atoms with van der Waals surface area (Å²) in [4.78, 5) is 12.0. The van der Waals surface area contributed by atoms with E-state index in [9.17, 15) is 4.79 Å². The van der Waals surface area contributed by atoms with Gasteiger partial charge in [0.1, 0.15) is 11.5 Å². The summed E-state index contributed by atoms with van der Waals surface area (Å²) in [6.45, 7) is 3.73. The van der Waals surface area contributed by atoms with Crippen molar-refractivity contribution in [2.75, 3.05) is 45.5 Å². The van der Waals surface area contributed by atoms with Gasteiger partial charge in [0, 0.05) is 12.3 Å². The van der Waals surface area contributed by atoms with Crippen molar-refractivity contribution in [3.63, 3.8) is 0 Å². The first-order valence-electron chi connectivity index (χ1n) is 9.57. The number of hydrogen-bond acceptors (Lipinski definition) is 6. The van der Waals surface area contributed by atoms with E-state index in [1.165, 1.54) is 0 Å². The molecule has 2 aromatic rings. The van der Waals surface area contributed by atoms with Gasteiger partial charge in [0.25, 0.3) is 0 Å². The molecule has 6 nitrogen and oxygen atoms in total. The molecule has 0 saturated heterocycles. The summed E-state index contributed by atoms with van der Waals surface area (Å²) >= 11 is 1.55. The maximum atomic E-state index is 12.0. The Bertz CT molecular complexity index is 751. The zero-order chi connectivity index (χ0) is 20.9. The summed E-state index contributed by atoms with van der Waals surface area (Å²) in [6, 6.07) is 13.3. The molecule has 0 saturated carbocycles. The van der Waals surface area contributed by atoms with Crippen LogP contribution in [-0.2, 0) is 11.2 Å². The Morgan fingerprint density at radius 1 is 0.966 bits per heavy atom. The fourth-order valence-electron chi connectivity index (χ4n) is 2.62. The predicted molar refractivity (Wildman–Crippen MR) is 117 cm³/mol. The third-order valence-electron chi connectivity index (χ3n) is 4.05. The fraction of sp³-hybridized carbons (Fsp3) is 0.409. The molecule has 158 valence electrons. The first-order chi connectivity index (χ1) is 14.2. The third-order valence-corrected chi connectivity index (χ3v) is 4.97. The molecule has 0 unspecified atom stereocenters. The van der Waals surface area contributed by atoms with Crippen molar-refractivity contribution in [3.8, 4) is 23.0 Å². The van der Waals surface area contributed by atoms with E-state index < -0.39 is 0 Å². The lowest BCUT2D eigenvalue weighted by Crippen LogP contribution is -2.27. The second-order valence-corrected chi connectivity index (χ2v) is 7.20. The molecule has 29 heavy (non-hydrogen) atoms. The van der Waals surface area contributed by atoms with Gasteiger partial charge in [0.15, 0.2) is 11.5 Å². The molecule has 0 aliphatic heterocycles. The second kappa shape index (κ2) is 12.8. The minimum absolute atomic E-state index is 0.0246. The summed E-state index contributed by atoms with van der Waals surface area (Å²) in [6.07, 6.45) is 0.734. The molecule has 2 aromatic carbocycles. The summed E-state index contributed by atoms with van der Waals surface area (Å²) in [5.74, 6) is 4.21. The van der Waals surface area contributed by atoms with E-state index >= 15 is 0 Å². The fourth-order valence-corrected chi connectivity index (χ4v) is 3.25. The number of methoxy groups -OCH3 is 2. The Morgan fingerprint density at radius 3 is 2.31 bits per heavy atom. The molecule has 0 atom stereocenters. The number of amides is 1. The summed E-state index contributed by atoms with van der Waals surface area (Å²) in [7, 11) is 3.22. The smallest absolute Gasteiger partial charge is 0.230 e. The predicted octanol–water partition coefficient (Wildman–Crippen LogP) is 3.57. The number of rotatable bonds is 13. The lowest BCUT2D eigenvalue weighted by atomic mass is 10.1. The van der Waals surface area contributed by atoms with Crippen molar-refractivity contribution < 1.29 is 23.7 Å². The summed E-state index contributed by atoms with van der Waals surface area (Å²) in [5, 5.41) is 2.94. The van der Waals surface area contributed by atoms with Crippen LogP contribution in [0.5, 0.6) is 23.0 Å². The van der Waals surface area contributed by atoms with Gasteiger partial charge in [-0.2, -0.15) is 0 Å². The maximum absolute atomic E-state index is 12.0. The zero-order valence-corrected chi connectivity index (χ0v) is 18.1. The van der Waals surface area contributed by atoms with Crippen LogP contribution in [0.4, 0.5) is 0 Å². The number of ether oxygens (including phenoxy) is 4. The molecule has 0 radical (unpaired) electrons. The molecule has 0 bridgehead atoms. The quantitative estimate of drug-likeness (QED) is 0.501. The molecule has 2 rings (SSSR count). The Hall–Kier alpha value is -2.54. The monoisotopic (exact) mass is 419 g/mol. The van der Waals surface area contributed by atoms with E-state index in [4.69, 9.17) is 18.9 Å². The third kappa shape index (κ3) is 8.15. The van der Waals surface area contributed by atoms with Crippen molar-refractivity contribution >= 4 is 17.7 Å². The number of benzene rings is 2. The standard InChI is InChI=1S/C22H29NO5S/c1-4-27-18-6-8-19(9-7-18)28-13-14-29-16-22(24)23-12-11-17-5-10-20(25-2)21(15-17)26-3/h5-10,15H,4,11-14,16H2,1-3H3,(H,23,24). The van der Waals surface area contributed by atoms with Crippen molar-refractivity contribution in [1.82, 2.24) is 5.32 Å². The molecule has 1 amide bonds. The minimum Gasteiger partial charge on any atom is -0.494 e. The first kappa shape index (κ1) is 22.7. The van der Waals surface area contributed by atoms with Crippen LogP contribution in [0, 0.1) is 0 Å². The highest BCUT2D eigenvalue weighted by Crippen LogP contribution is 2.27. The molecule has 0 aliphatic rings. The van der Waals surface area contributed by atoms with E-state index in [0.29, 0.717) is 37.0 Å². The van der Waals surface area contributed by atoms with Gasteiger partial charge in [0.05, 0.1) is 33.2 Å². The van der Waals surface area contributed by atoms with Crippen LogP contribution in [-0.4, -0.2) is 51.4 Å². The van der Waals surface area contributed by atoms with E-state index in [1.807, 2.05) is 49.4 Å². The van der Waals surface area contributed by atoms with Gasteiger partial charge in [-0.3, -0.25) is 4.79 Å². The van der Waals surface area contributed by atoms with E-state index in [1.54, 1.807) is 26.0 Å². The maximum Gasteiger partial charge on any atom is 0.230 e. The van der Waals surface area contributed by atoms with Gasteiger partial charge < -0.3 is 24.3 Å². The number of carbonyl (C=O) groups is 1. The number of nitrogens with one attached hydrogen (secondary N) is 1. The van der Waals surface area contributed by atoms with Crippen LogP contribution in [0.3, 0.4) is 0 Å². The Morgan fingerprint density at radius 2 is 1.66 bits per heavy atom. The van der Waals surface area contributed by atoms with Crippen molar-refractivity contribution in [2.45, 2.75) is 13.3 Å². The first-order valence-corrected chi connectivity index (χ1v) is 10.7. The number of thioether (sulfide) groups is 1. The van der Waals surface area contributed by atoms with E-state index in [2.05, 4.69) is 5.32 Å². The lowest BCUT2D eigenvalue weighted by molar-refractivity contribution is -0.118. The van der Waals surface area contributed by atoms with Gasteiger partial charge in [0.2, 0.25) is 5.91 Å². The van der Waals surface area contributed by atoms with Crippen molar-refractivity contribution in [1.29, 1.82) is 0 Å². The molecule has 0 fully saturated rings. The Kier molecular flexibility index (Phi) is 10.1. The van der Waals surface area contributed by atoms with Gasteiger partial charge >= 0.3 is 0 Å². The lowest BCUT2D eigenvalue weighted by Gasteiger charge is -2.10. The molecule has 0 heterocycles. The van der Waals surface area contributed by atoms with Crippen molar-refractivity contribution in [3.05, 3.63) is 48.0 Å². The summed E-state index contributed by atoms with van der Waals surface area (Å²) in [5.41, 5.74) is 1.08. The molecule has 7 heteroatoms. The van der Waals surface area contributed by atoms with Crippen LogP contribution >= 0.6 is 11.8 Å². The Labute approximate surface area is 176 Å². The van der Waals surface area contributed by atoms with Crippen LogP contribution in [0.2, 0.25) is 0 Å². The molecule has 1 N–H and O–H groups in total. The topological polar surface area (TPSA) is 66.0 Å². The van der Waals surface area contributed by atoms with E-state index in [0.717, 1.165) is 29.2 Å². The Balaban J connectivity index is 1.58. The normalized spacial score (nSPS) is 10.3. The van der Waals surface area contributed by atoms with Gasteiger partial charge in [-0.25, -0.2) is 0 Å². The van der Waals surface area contributed by atoms with Gasteiger partial charge in [-0.15, -0.1) is 11.8 Å². The molecular formula is C22H29NO5S.